The molecule has 2 atom stereocenters. The number of anilines is 2. The van der Waals surface area contributed by atoms with Gasteiger partial charge in [0.05, 0.1) is 24.1 Å². The molecule has 7 nitrogen and oxygen atoms in total. The second-order valence-electron chi connectivity index (χ2n) is 9.77. The van der Waals surface area contributed by atoms with Gasteiger partial charge < -0.3 is 20.6 Å². The average Bonchev–Trinajstić information content (AvgIpc) is 3.33. The maximum absolute atomic E-state index is 13.5. The third-order valence-electron chi connectivity index (χ3n) is 6.85. The van der Waals surface area contributed by atoms with Crippen LogP contribution >= 0.6 is 11.6 Å². The Bertz CT molecular complexity index is 1320. The molecule has 3 amide bonds. The van der Waals surface area contributed by atoms with E-state index in [1.165, 1.54) is 0 Å². The molecule has 1 aliphatic rings. The highest BCUT2D eigenvalue weighted by molar-refractivity contribution is 6.30. The van der Waals surface area contributed by atoms with Gasteiger partial charge >= 0.3 is 12.2 Å². The quantitative estimate of drug-likeness (QED) is 0.317. The van der Waals surface area contributed by atoms with E-state index in [1.807, 2.05) is 30.3 Å². The number of alkyl halides is 3. The van der Waals surface area contributed by atoms with E-state index in [0.717, 1.165) is 36.4 Å². The van der Waals surface area contributed by atoms with Crippen molar-refractivity contribution in [3.63, 3.8) is 0 Å². The summed E-state index contributed by atoms with van der Waals surface area (Å²) < 4.78 is 38.5. The lowest BCUT2D eigenvalue weighted by molar-refractivity contribution is -0.137. The number of hydrogen-bond donors (Lipinski definition) is 3. The zero-order valence-corrected chi connectivity index (χ0v) is 22.5. The van der Waals surface area contributed by atoms with Crippen LogP contribution in [0.25, 0.3) is 0 Å². The second-order valence-corrected chi connectivity index (χ2v) is 10.2. The van der Waals surface area contributed by atoms with Crippen molar-refractivity contribution < 1.29 is 27.9 Å². The predicted molar refractivity (Wildman–Crippen MR) is 148 cm³/mol. The Labute approximate surface area is 235 Å². The molecule has 0 bridgehead atoms. The molecule has 1 aliphatic heterocycles. The first kappa shape index (κ1) is 29.4. The summed E-state index contributed by atoms with van der Waals surface area (Å²) in [6.45, 7) is 1.84. The Morgan fingerprint density at radius 1 is 1.07 bits per heavy atom. The normalized spacial score (nSPS) is 16.4. The van der Waals surface area contributed by atoms with E-state index < -0.39 is 17.8 Å². The Morgan fingerprint density at radius 2 is 1.77 bits per heavy atom. The second kappa shape index (κ2) is 12.7. The van der Waals surface area contributed by atoms with Crippen LogP contribution in [0.1, 0.15) is 29.2 Å². The van der Waals surface area contributed by atoms with Gasteiger partial charge in [0, 0.05) is 43.1 Å². The van der Waals surface area contributed by atoms with E-state index in [-0.39, 0.29) is 30.2 Å². The summed E-state index contributed by atoms with van der Waals surface area (Å²) in [6.07, 6.45) is -4.23. The highest BCUT2D eigenvalue weighted by Crippen LogP contribution is 2.30. The minimum absolute atomic E-state index is 0.0566. The molecule has 3 N–H and O–H groups in total. The van der Waals surface area contributed by atoms with Crippen molar-refractivity contribution in [1.29, 1.82) is 0 Å². The summed E-state index contributed by atoms with van der Waals surface area (Å²) in [5, 5.41) is 15.5. The molecule has 212 valence electrons. The number of rotatable bonds is 8. The van der Waals surface area contributed by atoms with Crippen LogP contribution in [0.2, 0.25) is 5.02 Å². The molecule has 3 aromatic carbocycles. The smallest absolute Gasteiger partial charge is 0.392 e. The van der Waals surface area contributed by atoms with Crippen molar-refractivity contribution >= 4 is 34.9 Å². The van der Waals surface area contributed by atoms with Crippen LogP contribution < -0.4 is 10.6 Å². The number of nitrogens with one attached hydrogen (secondary N) is 2. The Hall–Kier alpha value is -3.60. The van der Waals surface area contributed by atoms with Gasteiger partial charge in [-0.05, 0) is 60.0 Å². The minimum Gasteiger partial charge on any atom is -0.392 e. The Morgan fingerprint density at radius 3 is 2.40 bits per heavy atom. The number of halogens is 4. The van der Waals surface area contributed by atoms with Gasteiger partial charge in [-0.15, -0.1) is 0 Å². The van der Waals surface area contributed by atoms with Crippen LogP contribution in [0, 0.1) is 0 Å². The molecular weight excluding hydrogens is 545 g/mol. The van der Waals surface area contributed by atoms with Crippen LogP contribution in [0.15, 0.2) is 72.8 Å². The molecule has 0 saturated carbocycles. The van der Waals surface area contributed by atoms with Crippen LogP contribution in [-0.2, 0) is 17.4 Å². The summed E-state index contributed by atoms with van der Waals surface area (Å²) in [6, 6.07) is 17.5. The molecule has 0 spiro atoms. The van der Waals surface area contributed by atoms with E-state index in [0.29, 0.717) is 35.8 Å². The zero-order chi connectivity index (χ0) is 28.9. The fourth-order valence-electron chi connectivity index (χ4n) is 4.67. The van der Waals surface area contributed by atoms with Crippen molar-refractivity contribution in [3.05, 3.63) is 94.5 Å². The molecule has 1 fully saturated rings. The van der Waals surface area contributed by atoms with Crippen molar-refractivity contribution in [1.82, 2.24) is 9.80 Å². The van der Waals surface area contributed by atoms with E-state index in [4.69, 9.17) is 11.6 Å². The molecule has 1 saturated heterocycles. The molecular formula is C29H30ClF3N4O3. The van der Waals surface area contributed by atoms with Gasteiger partial charge in [0.15, 0.2) is 0 Å². The van der Waals surface area contributed by atoms with E-state index in [1.54, 1.807) is 30.1 Å². The van der Waals surface area contributed by atoms with Gasteiger partial charge in [-0.3, -0.25) is 9.69 Å². The standard InChI is InChI=1S/C29H30ClF3N4O3/c1-36(26(19-5-3-2-4-6-19)18-37-14-13-24(38)17-37)27(39)16-20-15-22(30)9-12-25(20)35-28(40)34-23-10-7-21(8-11-23)29(31,32)33/h2-12,15,24,26,38H,13-14,16-18H2,1H3,(H2,34,35,40)/t24-,26+/m0/s1. The van der Waals surface area contributed by atoms with Gasteiger partial charge in [-0.1, -0.05) is 41.9 Å². The maximum Gasteiger partial charge on any atom is 0.416 e. The lowest BCUT2D eigenvalue weighted by Crippen LogP contribution is -2.39. The van der Waals surface area contributed by atoms with Crippen LogP contribution in [0.3, 0.4) is 0 Å². The van der Waals surface area contributed by atoms with Gasteiger partial charge in [0.1, 0.15) is 0 Å². The summed E-state index contributed by atoms with van der Waals surface area (Å²) in [5.41, 5.74) is 1.13. The van der Waals surface area contributed by atoms with Crippen molar-refractivity contribution in [2.75, 3.05) is 37.3 Å². The number of likely N-dealkylation sites (tertiary alicyclic amines) is 1. The summed E-state index contributed by atoms with van der Waals surface area (Å²) in [5.74, 6) is -0.206. The molecule has 3 aromatic rings. The summed E-state index contributed by atoms with van der Waals surface area (Å²) in [7, 11) is 1.72. The molecule has 1 heterocycles. The number of likely N-dealkylation sites (N-methyl/N-ethyl adjacent to an activating group) is 1. The average molecular weight is 575 g/mol. The maximum atomic E-state index is 13.5. The third-order valence-corrected chi connectivity index (χ3v) is 7.09. The van der Waals surface area contributed by atoms with E-state index in [9.17, 15) is 27.9 Å². The number of benzene rings is 3. The highest BCUT2D eigenvalue weighted by Gasteiger charge is 2.30. The van der Waals surface area contributed by atoms with Crippen LogP contribution in [-0.4, -0.2) is 59.6 Å². The number of hydrogen-bond acceptors (Lipinski definition) is 4. The monoisotopic (exact) mass is 574 g/mol. The summed E-state index contributed by atoms with van der Waals surface area (Å²) in [4.78, 5) is 29.9. The lowest BCUT2D eigenvalue weighted by Gasteiger charge is -2.32. The Kier molecular flexibility index (Phi) is 9.34. The van der Waals surface area contributed by atoms with Crippen molar-refractivity contribution in [2.24, 2.45) is 0 Å². The fourth-order valence-corrected chi connectivity index (χ4v) is 4.86. The number of urea groups is 1. The molecule has 11 heteroatoms. The number of carbonyl (C=O) groups is 2. The van der Waals surface area contributed by atoms with Crippen LogP contribution in [0.5, 0.6) is 0 Å². The Balaban J connectivity index is 1.47. The summed E-state index contributed by atoms with van der Waals surface area (Å²) >= 11 is 6.21. The fraction of sp³-hybridized carbons (Fsp3) is 0.310. The first-order valence-corrected chi connectivity index (χ1v) is 13.1. The molecule has 0 radical (unpaired) electrons. The van der Waals surface area contributed by atoms with Crippen molar-refractivity contribution in [2.45, 2.75) is 31.2 Å². The largest absolute Gasteiger partial charge is 0.416 e. The number of nitrogens with zero attached hydrogens (tertiary/aromatic N) is 2. The zero-order valence-electron chi connectivity index (χ0n) is 21.8. The van der Waals surface area contributed by atoms with Gasteiger partial charge in [-0.25, -0.2) is 4.79 Å². The van der Waals surface area contributed by atoms with Crippen molar-refractivity contribution in [3.8, 4) is 0 Å². The van der Waals surface area contributed by atoms with Gasteiger partial charge in [-0.2, -0.15) is 13.2 Å². The number of amides is 3. The molecule has 40 heavy (non-hydrogen) atoms. The number of aliphatic hydroxyl groups excluding tert-OH is 1. The topological polar surface area (TPSA) is 84.9 Å². The van der Waals surface area contributed by atoms with E-state index >= 15 is 0 Å². The SMILES string of the molecule is CN(C(=O)Cc1cc(Cl)ccc1NC(=O)Nc1ccc(C(F)(F)F)cc1)[C@H](CN1CC[C@H](O)C1)c1ccccc1. The number of β-amino-alcohol motifs (C(OH)–C–C–N with tert-alkyl or cyclic N) is 1. The van der Waals surface area contributed by atoms with E-state index in [2.05, 4.69) is 15.5 Å². The molecule has 0 aromatic heterocycles. The highest BCUT2D eigenvalue weighted by atomic mass is 35.5. The number of aliphatic hydroxyl groups is 1. The molecule has 0 aliphatic carbocycles. The van der Waals surface area contributed by atoms with Gasteiger partial charge in [0.25, 0.3) is 0 Å². The minimum atomic E-state index is -4.48. The molecule has 4 rings (SSSR count). The predicted octanol–water partition coefficient (Wildman–Crippen LogP) is 5.81. The third kappa shape index (κ3) is 7.74. The lowest BCUT2D eigenvalue weighted by atomic mass is 10.0. The number of carbonyl (C=O) groups excluding carboxylic acids is 2. The van der Waals surface area contributed by atoms with Crippen LogP contribution in [0.4, 0.5) is 29.3 Å². The van der Waals surface area contributed by atoms with Gasteiger partial charge in [0.2, 0.25) is 5.91 Å². The first-order valence-electron chi connectivity index (χ1n) is 12.7. The molecule has 0 unspecified atom stereocenters. The first-order chi connectivity index (χ1) is 19.0.